The fourth-order valence-corrected chi connectivity index (χ4v) is 1.62. The topological polar surface area (TPSA) is 84.0 Å². The van der Waals surface area contributed by atoms with Crippen LogP contribution in [0, 0.1) is 28.4 Å². The highest BCUT2D eigenvalue weighted by Crippen LogP contribution is 2.26. The standard InChI is InChI=1S/C10H7BrN2O3/c1-6-2-3-7(9(14)4-11)10(13(15)16)8(6)5-12/h2-3H,4H2,1H3. The summed E-state index contributed by atoms with van der Waals surface area (Å²) in [4.78, 5) is 21.6. The Balaban J connectivity index is 3.59. The van der Waals surface area contributed by atoms with Gasteiger partial charge in [0.2, 0.25) is 0 Å². The first kappa shape index (κ1) is 12.3. The molecular weight excluding hydrogens is 276 g/mol. The molecular formula is C10H7BrN2O3. The minimum absolute atomic E-state index is 0.0121. The summed E-state index contributed by atoms with van der Waals surface area (Å²) >= 11 is 2.94. The van der Waals surface area contributed by atoms with E-state index >= 15 is 0 Å². The van der Waals surface area contributed by atoms with Gasteiger partial charge in [-0.3, -0.25) is 14.9 Å². The molecule has 82 valence electrons. The molecule has 0 amide bonds. The van der Waals surface area contributed by atoms with E-state index in [1.54, 1.807) is 13.0 Å². The zero-order valence-electron chi connectivity index (χ0n) is 8.36. The summed E-state index contributed by atoms with van der Waals surface area (Å²) < 4.78 is 0. The molecule has 0 aliphatic rings. The number of halogens is 1. The van der Waals surface area contributed by atoms with Crippen molar-refractivity contribution in [2.45, 2.75) is 6.92 Å². The summed E-state index contributed by atoms with van der Waals surface area (Å²) in [6.45, 7) is 1.59. The Morgan fingerprint density at radius 1 is 1.62 bits per heavy atom. The van der Waals surface area contributed by atoms with Crippen molar-refractivity contribution < 1.29 is 9.72 Å². The van der Waals surface area contributed by atoms with E-state index in [9.17, 15) is 14.9 Å². The Hall–Kier alpha value is -1.74. The van der Waals surface area contributed by atoms with Crippen molar-refractivity contribution in [1.29, 1.82) is 5.26 Å². The third kappa shape index (κ3) is 2.09. The summed E-state index contributed by atoms with van der Waals surface area (Å²) in [7, 11) is 0. The Bertz CT molecular complexity index is 506. The van der Waals surface area contributed by atoms with Crippen molar-refractivity contribution in [3.05, 3.63) is 38.9 Å². The predicted molar refractivity (Wildman–Crippen MR) is 60.7 cm³/mol. The largest absolute Gasteiger partial charge is 0.298 e. The molecule has 0 bridgehead atoms. The van der Waals surface area contributed by atoms with E-state index in [4.69, 9.17) is 5.26 Å². The van der Waals surface area contributed by atoms with Gasteiger partial charge in [-0.15, -0.1) is 0 Å². The summed E-state index contributed by atoms with van der Waals surface area (Å²) in [6, 6.07) is 4.66. The number of aryl methyl sites for hydroxylation is 1. The SMILES string of the molecule is Cc1ccc(C(=O)CBr)c([N+](=O)[O-])c1C#N. The van der Waals surface area contributed by atoms with Crippen LogP contribution < -0.4 is 0 Å². The van der Waals surface area contributed by atoms with Crippen LogP contribution in [0.4, 0.5) is 5.69 Å². The van der Waals surface area contributed by atoms with E-state index in [0.29, 0.717) is 5.56 Å². The van der Waals surface area contributed by atoms with Gasteiger partial charge in [0.25, 0.3) is 5.69 Å². The van der Waals surface area contributed by atoms with Crippen LogP contribution in [0.15, 0.2) is 12.1 Å². The number of rotatable bonds is 3. The third-order valence-corrected chi connectivity index (χ3v) is 2.61. The van der Waals surface area contributed by atoms with Gasteiger partial charge in [0.1, 0.15) is 11.6 Å². The molecule has 0 aliphatic heterocycles. The maximum Gasteiger partial charge on any atom is 0.298 e. The van der Waals surface area contributed by atoms with Gasteiger partial charge in [0, 0.05) is 0 Å². The molecule has 0 aromatic heterocycles. The molecule has 16 heavy (non-hydrogen) atoms. The zero-order valence-corrected chi connectivity index (χ0v) is 9.94. The van der Waals surface area contributed by atoms with Crippen LogP contribution in [-0.4, -0.2) is 16.0 Å². The van der Waals surface area contributed by atoms with Gasteiger partial charge in [-0.2, -0.15) is 5.26 Å². The van der Waals surface area contributed by atoms with E-state index in [2.05, 4.69) is 15.9 Å². The number of nitro groups is 1. The maximum absolute atomic E-state index is 11.5. The number of Topliss-reactive ketones (excluding diaryl/α,β-unsaturated/α-hetero) is 1. The monoisotopic (exact) mass is 282 g/mol. The van der Waals surface area contributed by atoms with E-state index in [1.165, 1.54) is 12.1 Å². The van der Waals surface area contributed by atoms with Crippen LogP contribution in [0.3, 0.4) is 0 Å². The predicted octanol–water partition coefficient (Wildman–Crippen LogP) is 2.35. The second-order valence-corrected chi connectivity index (χ2v) is 3.64. The molecule has 0 N–H and O–H groups in total. The number of hydrogen-bond donors (Lipinski definition) is 0. The lowest BCUT2D eigenvalue weighted by molar-refractivity contribution is -0.385. The van der Waals surface area contributed by atoms with Crippen LogP contribution in [0.1, 0.15) is 21.5 Å². The normalized spacial score (nSPS) is 9.56. The quantitative estimate of drug-likeness (QED) is 0.369. The van der Waals surface area contributed by atoms with Gasteiger partial charge in [-0.25, -0.2) is 0 Å². The van der Waals surface area contributed by atoms with Gasteiger partial charge < -0.3 is 0 Å². The lowest BCUT2D eigenvalue weighted by Crippen LogP contribution is -2.07. The van der Waals surface area contributed by atoms with Gasteiger partial charge in [-0.05, 0) is 18.6 Å². The molecule has 1 rings (SSSR count). The smallest absolute Gasteiger partial charge is 0.293 e. The number of alkyl halides is 1. The van der Waals surface area contributed by atoms with Crippen LogP contribution >= 0.6 is 15.9 Å². The first-order chi connectivity index (χ1) is 7.52. The van der Waals surface area contributed by atoms with Gasteiger partial charge in [0.15, 0.2) is 5.78 Å². The molecule has 0 unspecified atom stereocenters. The van der Waals surface area contributed by atoms with Crippen molar-refractivity contribution >= 4 is 27.4 Å². The average molecular weight is 283 g/mol. The van der Waals surface area contributed by atoms with Crippen molar-refractivity contribution in [2.24, 2.45) is 0 Å². The maximum atomic E-state index is 11.5. The first-order valence-electron chi connectivity index (χ1n) is 4.30. The number of nitro benzene ring substituents is 1. The molecule has 0 spiro atoms. The molecule has 1 aromatic rings. The van der Waals surface area contributed by atoms with Crippen LogP contribution in [0.5, 0.6) is 0 Å². The van der Waals surface area contributed by atoms with Crippen LogP contribution in [0.25, 0.3) is 0 Å². The van der Waals surface area contributed by atoms with Gasteiger partial charge in [0.05, 0.1) is 15.8 Å². The fourth-order valence-electron chi connectivity index (χ4n) is 1.32. The highest BCUT2D eigenvalue weighted by Gasteiger charge is 2.25. The van der Waals surface area contributed by atoms with Crippen molar-refractivity contribution in [1.82, 2.24) is 0 Å². The average Bonchev–Trinajstić information content (AvgIpc) is 2.27. The number of benzene rings is 1. The number of ketones is 1. The molecule has 6 heteroatoms. The van der Waals surface area contributed by atoms with Crippen LogP contribution in [-0.2, 0) is 0 Å². The molecule has 0 aliphatic carbocycles. The number of hydrogen-bond acceptors (Lipinski definition) is 4. The summed E-state index contributed by atoms with van der Waals surface area (Å²) in [5.41, 5.74) is -0.0203. The van der Waals surface area contributed by atoms with Crippen molar-refractivity contribution in [3.8, 4) is 6.07 Å². The zero-order chi connectivity index (χ0) is 12.3. The highest BCUT2D eigenvalue weighted by molar-refractivity contribution is 9.09. The molecule has 0 saturated heterocycles. The van der Waals surface area contributed by atoms with Gasteiger partial charge >= 0.3 is 0 Å². The minimum Gasteiger partial charge on any atom is -0.293 e. The molecule has 0 fully saturated rings. The number of carbonyl (C=O) groups is 1. The van der Waals surface area contributed by atoms with Crippen LogP contribution in [0.2, 0.25) is 0 Å². The summed E-state index contributed by atoms with van der Waals surface area (Å²) in [5, 5.41) is 19.7. The summed E-state index contributed by atoms with van der Waals surface area (Å²) in [6.07, 6.45) is 0. The second-order valence-electron chi connectivity index (χ2n) is 3.08. The molecule has 0 atom stereocenters. The molecule has 5 nitrogen and oxygen atoms in total. The van der Waals surface area contributed by atoms with Crippen molar-refractivity contribution in [2.75, 3.05) is 5.33 Å². The highest BCUT2D eigenvalue weighted by atomic mass is 79.9. The Morgan fingerprint density at radius 2 is 2.25 bits per heavy atom. The Kier molecular flexibility index (Phi) is 3.74. The first-order valence-corrected chi connectivity index (χ1v) is 5.42. The Labute approximate surface area is 100.0 Å². The van der Waals surface area contributed by atoms with Crippen molar-refractivity contribution in [3.63, 3.8) is 0 Å². The van der Waals surface area contributed by atoms with E-state index in [-0.39, 0.29) is 16.5 Å². The summed E-state index contributed by atoms with van der Waals surface area (Å²) in [5.74, 6) is -0.414. The Morgan fingerprint density at radius 3 is 2.69 bits per heavy atom. The number of carbonyl (C=O) groups excluding carboxylic acids is 1. The van der Waals surface area contributed by atoms with E-state index in [0.717, 1.165) is 0 Å². The lowest BCUT2D eigenvalue weighted by atomic mass is 10.0. The van der Waals surface area contributed by atoms with Gasteiger partial charge in [-0.1, -0.05) is 22.0 Å². The molecule has 0 radical (unpaired) electrons. The third-order valence-electron chi connectivity index (χ3n) is 2.10. The molecule has 1 aromatic carbocycles. The second kappa shape index (κ2) is 4.86. The lowest BCUT2D eigenvalue weighted by Gasteiger charge is -2.03. The number of nitriles is 1. The fraction of sp³-hybridized carbons (Fsp3) is 0.200. The number of nitrogens with zero attached hydrogens (tertiary/aromatic N) is 2. The van der Waals surface area contributed by atoms with E-state index < -0.39 is 16.4 Å². The van der Waals surface area contributed by atoms with E-state index in [1.807, 2.05) is 0 Å². The minimum atomic E-state index is -0.693. The molecule has 0 saturated carbocycles. The molecule has 0 heterocycles.